The molecule has 1 aliphatic heterocycles. The van der Waals surface area contributed by atoms with Gasteiger partial charge in [0, 0.05) is 6.54 Å². The molecule has 128 valence electrons. The van der Waals surface area contributed by atoms with Gasteiger partial charge in [0.15, 0.2) is 0 Å². The highest BCUT2D eigenvalue weighted by atomic mass is 32.2. The predicted octanol–water partition coefficient (Wildman–Crippen LogP) is 3.12. The Morgan fingerprint density at radius 3 is 2.17 bits per heavy atom. The number of nitrogens with one attached hydrogen (secondary N) is 1. The average Bonchev–Trinajstić information content (AvgIpc) is 3.13. The van der Waals surface area contributed by atoms with E-state index in [4.69, 9.17) is 0 Å². The smallest absolute Gasteiger partial charge is 0.240 e. The molecule has 0 bridgehead atoms. The van der Waals surface area contributed by atoms with Crippen LogP contribution >= 0.6 is 0 Å². The van der Waals surface area contributed by atoms with Crippen LogP contribution in [-0.4, -0.2) is 39.5 Å². The highest BCUT2D eigenvalue weighted by Gasteiger charge is 2.14. The van der Waals surface area contributed by atoms with E-state index >= 15 is 0 Å². The van der Waals surface area contributed by atoms with Crippen molar-refractivity contribution in [3.8, 4) is 11.1 Å². The lowest BCUT2D eigenvalue weighted by Crippen LogP contribution is -2.28. The van der Waals surface area contributed by atoms with Crippen LogP contribution in [0.3, 0.4) is 0 Å². The topological polar surface area (TPSA) is 49.4 Å². The molecule has 1 aliphatic rings. The van der Waals surface area contributed by atoms with Crippen molar-refractivity contribution in [1.29, 1.82) is 0 Å². The fourth-order valence-corrected chi connectivity index (χ4v) is 4.13. The van der Waals surface area contributed by atoms with Crippen molar-refractivity contribution >= 4 is 10.0 Å². The SMILES string of the molecule is O=S(=O)(NCCCN1CCCC1)c1ccc(-c2ccccc2)cc1. The summed E-state index contributed by atoms with van der Waals surface area (Å²) in [7, 11) is -3.42. The van der Waals surface area contributed by atoms with Crippen LogP contribution in [0, 0.1) is 0 Å². The van der Waals surface area contributed by atoms with E-state index in [1.807, 2.05) is 42.5 Å². The summed E-state index contributed by atoms with van der Waals surface area (Å²) in [6, 6.07) is 17.0. The van der Waals surface area contributed by atoms with E-state index in [1.54, 1.807) is 12.1 Å². The van der Waals surface area contributed by atoms with Crippen molar-refractivity contribution in [1.82, 2.24) is 9.62 Å². The number of benzene rings is 2. The number of hydrogen-bond acceptors (Lipinski definition) is 3. The van der Waals surface area contributed by atoms with Gasteiger partial charge in [-0.2, -0.15) is 0 Å². The van der Waals surface area contributed by atoms with Crippen LogP contribution < -0.4 is 4.72 Å². The van der Waals surface area contributed by atoms with Crippen molar-refractivity contribution in [3.05, 3.63) is 54.6 Å². The Morgan fingerprint density at radius 2 is 1.50 bits per heavy atom. The third-order valence-corrected chi connectivity index (χ3v) is 5.89. The number of sulfonamides is 1. The summed E-state index contributed by atoms with van der Waals surface area (Å²) < 4.78 is 27.4. The summed E-state index contributed by atoms with van der Waals surface area (Å²) in [6.07, 6.45) is 3.38. The molecular weight excluding hydrogens is 320 g/mol. The molecule has 0 unspecified atom stereocenters. The highest BCUT2D eigenvalue weighted by molar-refractivity contribution is 7.89. The predicted molar refractivity (Wildman–Crippen MR) is 97.4 cm³/mol. The largest absolute Gasteiger partial charge is 0.303 e. The van der Waals surface area contributed by atoms with Gasteiger partial charge in [-0.3, -0.25) is 0 Å². The summed E-state index contributed by atoms with van der Waals surface area (Å²) in [5, 5.41) is 0. The van der Waals surface area contributed by atoms with E-state index in [9.17, 15) is 8.42 Å². The van der Waals surface area contributed by atoms with Gasteiger partial charge in [-0.25, -0.2) is 13.1 Å². The Kier molecular flexibility index (Phi) is 5.66. The molecule has 0 aromatic heterocycles. The maximum absolute atomic E-state index is 12.4. The first kappa shape index (κ1) is 17.1. The second-order valence-corrected chi connectivity index (χ2v) is 7.96. The van der Waals surface area contributed by atoms with Crippen molar-refractivity contribution in [2.45, 2.75) is 24.2 Å². The van der Waals surface area contributed by atoms with Crippen LogP contribution in [0.1, 0.15) is 19.3 Å². The molecule has 1 heterocycles. The van der Waals surface area contributed by atoms with Crippen LogP contribution in [-0.2, 0) is 10.0 Å². The first-order valence-electron chi connectivity index (χ1n) is 8.53. The zero-order valence-corrected chi connectivity index (χ0v) is 14.6. The minimum absolute atomic E-state index is 0.323. The molecule has 2 aromatic rings. The van der Waals surface area contributed by atoms with Gasteiger partial charge >= 0.3 is 0 Å². The molecule has 0 amide bonds. The number of rotatable bonds is 7. The number of nitrogens with zero attached hydrogens (tertiary/aromatic N) is 1. The Hall–Kier alpha value is -1.69. The Balaban J connectivity index is 1.56. The van der Waals surface area contributed by atoms with Crippen molar-refractivity contribution in [2.75, 3.05) is 26.2 Å². The molecule has 1 saturated heterocycles. The second-order valence-electron chi connectivity index (χ2n) is 6.19. The number of likely N-dealkylation sites (tertiary alicyclic amines) is 1. The lowest BCUT2D eigenvalue weighted by atomic mass is 10.1. The zero-order valence-electron chi connectivity index (χ0n) is 13.8. The molecule has 24 heavy (non-hydrogen) atoms. The lowest BCUT2D eigenvalue weighted by molar-refractivity contribution is 0.334. The Labute approximate surface area is 144 Å². The molecule has 1 N–H and O–H groups in total. The van der Waals surface area contributed by atoms with Crippen LogP contribution in [0.2, 0.25) is 0 Å². The summed E-state index contributed by atoms with van der Waals surface area (Å²) in [5.74, 6) is 0. The quantitative estimate of drug-likeness (QED) is 0.785. The van der Waals surface area contributed by atoms with Crippen LogP contribution in [0.15, 0.2) is 59.5 Å². The average molecular weight is 344 g/mol. The van der Waals surface area contributed by atoms with E-state index in [2.05, 4.69) is 9.62 Å². The first-order chi connectivity index (χ1) is 11.6. The molecule has 4 nitrogen and oxygen atoms in total. The molecule has 1 fully saturated rings. The first-order valence-corrected chi connectivity index (χ1v) is 10.0. The second kappa shape index (κ2) is 7.92. The van der Waals surface area contributed by atoms with Gasteiger partial charge < -0.3 is 4.90 Å². The fourth-order valence-electron chi connectivity index (χ4n) is 3.06. The molecular formula is C19H24N2O2S. The van der Waals surface area contributed by atoms with Crippen LogP contribution in [0.4, 0.5) is 0 Å². The normalized spacial score (nSPS) is 15.7. The molecule has 5 heteroatoms. The van der Waals surface area contributed by atoms with Crippen LogP contribution in [0.5, 0.6) is 0 Å². The van der Waals surface area contributed by atoms with Crippen molar-refractivity contribution in [3.63, 3.8) is 0 Å². The van der Waals surface area contributed by atoms with Gasteiger partial charge in [0.25, 0.3) is 0 Å². The monoisotopic (exact) mass is 344 g/mol. The Morgan fingerprint density at radius 1 is 0.875 bits per heavy atom. The summed E-state index contributed by atoms with van der Waals surface area (Å²) in [5.41, 5.74) is 2.10. The van der Waals surface area contributed by atoms with E-state index in [-0.39, 0.29) is 0 Å². The van der Waals surface area contributed by atoms with E-state index in [1.165, 1.54) is 12.8 Å². The minimum atomic E-state index is -3.42. The van der Waals surface area contributed by atoms with Crippen LogP contribution in [0.25, 0.3) is 11.1 Å². The molecule has 0 saturated carbocycles. The lowest BCUT2D eigenvalue weighted by Gasteiger charge is -2.14. The highest BCUT2D eigenvalue weighted by Crippen LogP contribution is 2.20. The van der Waals surface area contributed by atoms with Gasteiger partial charge in [0.1, 0.15) is 0 Å². The van der Waals surface area contributed by atoms with E-state index in [0.717, 1.165) is 37.2 Å². The van der Waals surface area contributed by atoms with E-state index < -0.39 is 10.0 Å². The molecule has 0 radical (unpaired) electrons. The summed E-state index contributed by atoms with van der Waals surface area (Å²) >= 11 is 0. The number of hydrogen-bond donors (Lipinski definition) is 1. The fraction of sp³-hybridized carbons (Fsp3) is 0.368. The molecule has 0 aliphatic carbocycles. The summed E-state index contributed by atoms with van der Waals surface area (Å²) in [6.45, 7) is 3.75. The molecule has 0 spiro atoms. The van der Waals surface area contributed by atoms with E-state index in [0.29, 0.717) is 11.4 Å². The summed E-state index contributed by atoms with van der Waals surface area (Å²) in [4.78, 5) is 2.71. The maximum atomic E-state index is 12.4. The van der Waals surface area contributed by atoms with Gasteiger partial charge in [-0.1, -0.05) is 42.5 Å². The Bertz CT molecular complexity index is 737. The molecule has 0 atom stereocenters. The third kappa shape index (κ3) is 4.44. The standard InChI is InChI=1S/C19H24N2O2S/c22-24(23,20-13-6-16-21-14-4-5-15-21)19-11-9-18(10-12-19)17-7-2-1-3-8-17/h1-3,7-12,20H,4-6,13-16H2. The molecule has 3 rings (SSSR count). The molecule has 2 aromatic carbocycles. The third-order valence-electron chi connectivity index (χ3n) is 4.41. The van der Waals surface area contributed by atoms with Crippen molar-refractivity contribution < 1.29 is 8.42 Å². The van der Waals surface area contributed by atoms with Crippen molar-refractivity contribution in [2.24, 2.45) is 0 Å². The maximum Gasteiger partial charge on any atom is 0.240 e. The van der Waals surface area contributed by atoms with Gasteiger partial charge in [0.05, 0.1) is 4.90 Å². The zero-order chi connectivity index (χ0) is 16.8. The van der Waals surface area contributed by atoms with Gasteiger partial charge in [0.2, 0.25) is 10.0 Å². The van der Waals surface area contributed by atoms with Gasteiger partial charge in [-0.05, 0) is 62.2 Å². The van der Waals surface area contributed by atoms with Gasteiger partial charge in [-0.15, -0.1) is 0 Å². The minimum Gasteiger partial charge on any atom is -0.303 e.